The van der Waals surface area contributed by atoms with Crippen LogP contribution in [-0.4, -0.2) is 0 Å². The van der Waals surface area contributed by atoms with Gasteiger partial charge in [-0.2, -0.15) is 5.26 Å². The number of furan rings is 1. The molecule has 5 aromatic rings. The van der Waals surface area contributed by atoms with Gasteiger partial charge in [0.15, 0.2) is 6.20 Å². The van der Waals surface area contributed by atoms with Crippen LogP contribution in [-0.2, 0) is 13.4 Å². The van der Waals surface area contributed by atoms with Crippen molar-refractivity contribution in [1.82, 2.24) is 0 Å². The fourth-order valence-electron chi connectivity index (χ4n) is 4.63. The van der Waals surface area contributed by atoms with Crippen molar-refractivity contribution in [2.24, 2.45) is 12.5 Å². The van der Waals surface area contributed by atoms with Crippen LogP contribution in [0.3, 0.4) is 0 Å². The maximum atomic E-state index is 9.40. The summed E-state index contributed by atoms with van der Waals surface area (Å²) in [6.07, 6.45) is 0.0842. The van der Waals surface area contributed by atoms with E-state index in [1.54, 1.807) is 42.6 Å². The Morgan fingerprint density at radius 2 is 1.77 bits per heavy atom. The molecule has 0 radical (unpaired) electrons. The summed E-state index contributed by atoms with van der Waals surface area (Å²) in [6, 6.07) is 20.5. The SMILES string of the molecule is [2H]C([2H])([2H])c1c[n+](C)c(-c2c(C)ccc3c2oc2ccc(C#N)cc23)cc1-c1ccc(C([2H])([2H])C(C)(C)C)cc1. The first-order valence-corrected chi connectivity index (χ1v) is 11.6. The Balaban J connectivity index is 1.76. The average molecular weight is 465 g/mol. The van der Waals surface area contributed by atoms with Crippen LogP contribution in [0.2, 0.25) is 0 Å². The minimum atomic E-state index is -2.36. The zero-order valence-corrected chi connectivity index (χ0v) is 20.7. The van der Waals surface area contributed by atoms with E-state index in [-0.39, 0.29) is 5.56 Å². The van der Waals surface area contributed by atoms with Crippen LogP contribution in [0.15, 0.2) is 71.3 Å². The number of rotatable bonds is 3. The Morgan fingerprint density at radius 1 is 1.00 bits per heavy atom. The molecule has 5 rings (SSSR count). The zero-order chi connectivity index (χ0) is 29.2. The molecule has 0 aliphatic carbocycles. The number of aromatic nitrogens is 1. The van der Waals surface area contributed by atoms with Crippen molar-refractivity contribution >= 4 is 21.9 Å². The molecule has 0 aliphatic heterocycles. The lowest BCUT2D eigenvalue weighted by Crippen LogP contribution is -2.31. The highest BCUT2D eigenvalue weighted by Gasteiger charge is 2.23. The molecular formula is C32H31N2O+. The van der Waals surface area contributed by atoms with Gasteiger partial charge in [-0.15, -0.1) is 0 Å². The van der Waals surface area contributed by atoms with E-state index in [4.69, 9.17) is 11.3 Å². The molecule has 3 aromatic carbocycles. The fourth-order valence-corrected chi connectivity index (χ4v) is 4.63. The number of fused-ring (bicyclic) bond motifs is 3. The lowest BCUT2D eigenvalue weighted by Gasteiger charge is -2.18. The number of hydrogen-bond acceptors (Lipinski definition) is 2. The summed E-state index contributed by atoms with van der Waals surface area (Å²) in [5.74, 6) is 0. The Hall–Kier alpha value is -3.90. The average Bonchev–Trinajstić information content (AvgIpc) is 3.25. The lowest BCUT2D eigenvalue weighted by molar-refractivity contribution is -0.660. The minimum Gasteiger partial charge on any atom is -0.455 e. The van der Waals surface area contributed by atoms with Crippen LogP contribution in [0.4, 0.5) is 0 Å². The van der Waals surface area contributed by atoms with E-state index in [0.717, 1.165) is 27.6 Å². The number of nitriles is 1. The van der Waals surface area contributed by atoms with E-state index < -0.39 is 18.6 Å². The van der Waals surface area contributed by atoms with Crippen molar-refractivity contribution in [3.05, 3.63) is 89.1 Å². The maximum Gasteiger partial charge on any atom is 0.216 e. The van der Waals surface area contributed by atoms with Crippen LogP contribution in [0.5, 0.6) is 0 Å². The maximum absolute atomic E-state index is 9.40. The normalized spacial score (nSPS) is 14.7. The molecule has 174 valence electrons. The van der Waals surface area contributed by atoms with Crippen LogP contribution in [0.25, 0.3) is 44.3 Å². The van der Waals surface area contributed by atoms with Gasteiger partial charge in [0, 0.05) is 29.3 Å². The van der Waals surface area contributed by atoms with Crippen molar-refractivity contribution in [2.45, 2.75) is 40.9 Å². The Bertz CT molecular complexity index is 1820. The van der Waals surface area contributed by atoms with Crippen molar-refractivity contribution in [2.75, 3.05) is 0 Å². The number of nitrogens with zero attached hydrogens (tertiary/aromatic N) is 2. The van der Waals surface area contributed by atoms with E-state index in [0.29, 0.717) is 33.4 Å². The Morgan fingerprint density at radius 3 is 2.46 bits per heavy atom. The highest BCUT2D eigenvalue weighted by molar-refractivity contribution is 6.10. The van der Waals surface area contributed by atoms with E-state index in [1.165, 1.54) is 0 Å². The second-order valence-electron chi connectivity index (χ2n) is 10.1. The van der Waals surface area contributed by atoms with Crippen molar-refractivity contribution < 1.29 is 15.8 Å². The van der Waals surface area contributed by atoms with E-state index in [9.17, 15) is 5.26 Å². The van der Waals surface area contributed by atoms with Crippen LogP contribution >= 0.6 is 0 Å². The third-order valence-corrected chi connectivity index (χ3v) is 6.22. The molecule has 0 unspecified atom stereocenters. The molecular weight excluding hydrogens is 428 g/mol. The van der Waals surface area contributed by atoms with Crippen LogP contribution < -0.4 is 4.57 Å². The molecule has 0 amide bonds. The molecule has 0 saturated carbocycles. The number of benzene rings is 3. The molecule has 0 spiro atoms. The van der Waals surface area contributed by atoms with E-state index in [2.05, 4.69) is 6.07 Å². The predicted octanol–water partition coefficient (Wildman–Crippen LogP) is 7.82. The molecule has 3 nitrogen and oxygen atoms in total. The summed E-state index contributed by atoms with van der Waals surface area (Å²) in [6.45, 7) is 5.21. The first kappa shape index (κ1) is 17.5. The second-order valence-corrected chi connectivity index (χ2v) is 10.1. The standard InChI is InChI=1S/C32H31N2O/c1-20-7-13-25-27-15-23(18-33)10-14-29(27)35-31(25)30(20)28-16-26(21(2)19-34(28)6)24-11-8-22(9-12-24)17-32(3,4)5/h7-16,19H,17H2,1-6H3/q+1/i2D3,17D2. The molecule has 0 saturated heterocycles. The zero-order valence-electron chi connectivity index (χ0n) is 25.7. The topological polar surface area (TPSA) is 40.8 Å². The summed E-state index contributed by atoms with van der Waals surface area (Å²) in [5.41, 5.74) is 5.85. The summed E-state index contributed by atoms with van der Waals surface area (Å²) in [4.78, 5) is 0. The Kier molecular flexibility index (Phi) is 4.20. The number of pyridine rings is 1. The van der Waals surface area contributed by atoms with Gasteiger partial charge in [-0.25, -0.2) is 4.57 Å². The van der Waals surface area contributed by atoms with Crippen LogP contribution in [0, 0.1) is 30.5 Å². The molecule has 35 heavy (non-hydrogen) atoms. The molecule has 0 fully saturated rings. The van der Waals surface area contributed by atoms with Gasteiger partial charge in [-0.3, -0.25) is 0 Å². The fraction of sp³-hybridized carbons (Fsp3) is 0.250. The third-order valence-electron chi connectivity index (χ3n) is 6.22. The number of aryl methyl sites for hydroxylation is 3. The van der Waals surface area contributed by atoms with Gasteiger partial charge in [-0.05, 0) is 66.0 Å². The molecule has 0 N–H and O–H groups in total. The molecule has 0 atom stereocenters. The number of hydrogen-bond donors (Lipinski definition) is 0. The molecule has 3 heteroatoms. The highest BCUT2D eigenvalue weighted by atomic mass is 16.3. The first-order valence-electron chi connectivity index (χ1n) is 14.1. The lowest BCUT2D eigenvalue weighted by atomic mass is 9.87. The highest BCUT2D eigenvalue weighted by Crippen LogP contribution is 2.38. The van der Waals surface area contributed by atoms with Crippen molar-refractivity contribution in [3.63, 3.8) is 0 Å². The first-order chi connectivity index (χ1) is 18.6. The second kappa shape index (κ2) is 8.40. The minimum absolute atomic E-state index is 0.207. The molecule has 0 bridgehead atoms. The van der Waals surface area contributed by atoms with E-state index in [1.807, 2.05) is 63.6 Å². The van der Waals surface area contributed by atoms with Gasteiger partial charge in [0.25, 0.3) is 0 Å². The van der Waals surface area contributed by atoms with Crippen LogP contribution in [0.1, 0.15) is 49.9 Å². The summed E-state index contributed by atoms with van der Waals surface area (Å²) >= 11 is 0. The summed E-state index contributed by atoms with van der Waals surface area (Å²) < 4.78 is 50.2. The third kappa shape index (κ3) is 4.21. The van der Waals surface area contributed by atoms with Crippen molar-refractivity contribution in [3.8, 4) is 28.5 Å². The van der Waals surface area contributed by atoms with Gasteiger partial charge < -0.3 is 4.42 Å². The molecule has 2 heterocycles. The monoisotopic (exact) mass is 464 g/mol. The predicted molar refractivity (Wildman–Crippen MR) is 143 cm³/mol. The summed E-state index contributed by atoms with van der Waals surface area (Å²) in [7, 11) is 1.82. The largest absolute Gasteiger partial charge is 0.455 e. The Labute approximate surface area is 214 Å². The smallest absolute Gasteiger partial charge is 0.216 e. The van der Waals surface area contributed by atoms with Gasteiger partial charge in [-0.1, -0.05) is 57.2 Å². The van der Waals surface area contributed by atoms with Gasteiger partial charge in [0.2, 0.25) is 5.69 Å². The van der Waals surface area contributed by atoms with Gasteiger partial charge in [0.1, 0.15) is 18.2 Å². The summed E-state index contributed by atoms with van der Waals surface area (Å²) in [5, 5.41) is 11.1. The van der Waals surface area contributed by atoms with Crippen molar-refractivity contribution in [1.29, 1.82) is 5.26 Å². The molecule has 0 aliphatic rings. The van der Waals surface area contributed by atoms with E-state index >= 15 is 0 Å². The quantitative estimate of drug-likeness (QED) is 0.255. The van der Waals surface area contributed by atoms with Gasteiger partial charge in [0.05, 0.1) is 17.2 Å². The van der Waals surface area contributed by atoms with Gasteiger partial charge >= 0.3 is 0 Å². The molecule has 2 aromatic heterocycles.